The first-order valence-electron chi connectivity index (χ1n) is 8.37. The highest BCUT2D eigenvalue weighted by Gasteiger charge is 2.53. The largest absolute Gasteiger partial charge is 0.454 e. The van der Waals surface area contributed by atoms with Crippen LogP contribution < -0.4 is 9.47 Å². The smallest absolute Gasteiger partial charge is 0.231 e. The summed E-state index contributed by atoms with van der Waals surface area (Å²) in [6, 6.07) is 6.07. The average Bonchev–Trinajstić information content (AvgIpc) is 3.00. The van der Waals surface area contributed by atoms with Gasteiger partial charge in [0.2, 0.25) is 6.79 Å². The Morgan fingerprint density at radius 2 is 2.00 bits per heavy atom. The van der Waals surface area contributed by atoms with Crippen LogP contribution in [0.4, 0.5) is 0 Å². The Morgan fingerprint density at radius 3 is 2.78 bits per heavy atom. The van der Waals surface area contributed by atoms with E-state index in [9.17, 15) is 5.11 Å². The molecule has 1 aromatic rings. The summed E-state index contributed by atoms with van der Waals surface area (Å²) in [5.74, 6) is 2.58. The van der Waals surface area contributed by atoms with Gasteiger partial charge < -0.3 is 19.3 Å². The van der Waals surface area contributed by atoms with Crippen LogP contribution >= 0.6 is 0 Å². The van der Waals surface area contributed by atoms with Gasteiger partial charge in [-0.25, -0.2) is 0 Å². The van der Waals surface area contributed by atoms with Crippen molar-refractivity contribution >= 4 is 0 Å². The van der Waals surface area contributed by atoms with Gasteiger partial charge in [0.05, 0.1) is 19.3 Å². The van der Waals surface area contributed by atoms with Crippen molar-refractivity contribution in [3.63, 3.8) is 0 Å². The summed E-state index contributed by atoms with van der Waals surface area (Å²) in [6.07, 6.45) is 2.33. The third kappa shape index (κ3) is 2.05. The number of hydrogen-bond acceptors (Lipinski definition) is 4. The van der Waals surface area contributed by atoms with E-state index >= 15 is 0 Å². The Labute approximate surface area is 137 Å². The zero-order chi connectivity index (χ0) is 16.2. The number of aliphatic hydroxyl groups excluding tert-OH is 1. The van der Waals surface area contributed by atoms with E-state index < -0.39 is 0 Å². The van der Waals surface area contributed by atoms with Crippen LogP contribution in [-0.2, 0) is 4.74 Å². The predicted octanol–water partition coefficient (Wildman–Crippen LogP) is 3.31. The molecule has 2 heterocycles. The summed E-state index contributed by atoms with van der Waals surface area (Å²) in [5, 5.41) is 10.1. The number of hydrogen-bond donors (Lipinski definition) is 1. The lowest BCUT2D eigenvalue weighted by Crippen LogP contribution is -2.53. The molecular weight excluding hydrogens is 292 g/mol. The van der Waals surface area contributed by atoms with Crippen LogP contribution in [0, 0.1) is 23.2 Å². The zero-order valence-electron chi connectivity index (χ0n) is 13.9. The molecule has 5 atom stereocenters. The number of allylic oxidation sites excluding steroid dienone is 1. The molecule has 1 saturated heterocycles. The lowest BCUT2D eigenvalue weighted by atomic mass is 9.56. The van der Waals surface area contributed by atoms with Crippen molar-refractivity contribution in [2.45, 2.75) is 26.9 Å². The summed E-state index contributed by atoms with van der Waals surface area (Å²) >= 11 is 0. The molecule has 1 fully saturated rings. The van der Waals surface area contributed by atoms with Gasteiger partial charge in [0.15, 0.2) is 11.5 Å². The Hall–Kier alpha value is -1.52. The lowest BCUT2D eigenvalue weighted by molar-refractivity contribution is -0.165. The van der Waals surface area contributed by atoms with E-state index in [4.69, 9.17) is 14.2 Å². The molecule has 1 aromatic carbocycles. The van der Waals surface area contributed by atoms with Crippen LogP contribution in [0.1, 0.15) is 32.4 Å². The van der Waals surface area contributed by atoms with E-state index in [1.807, 2.05) is 12.1 Å². The van der Waals surface area contributed by atoms with Crippen LogP contribution in [0.2, 0.25) is 0 Å². The summed E-state index contributed by atoms with van der Waals surface area (Å²) in [7, 11) is 0. The first-order valence-corrected chi connectivity index (χ1v) is 8.37. The molecule has 2 aliphatic heterocycles. The van der Waals surface area contributed by atoms with Crippen molar-refractivity contribution in [1.82, 2.24) is 0 Å². The van der Waals surface area contributed by atoms with E-state index in [0.29, 0.717) is 18.4 Å². The molecule has 3 aliphatic rings. The van der Waals surface area contributed by atoms with Gasteiger partial charge in [-0.05, 0) is 36.5 Å². The van der Waals surface area contributed by atoms with Crippen molar-refractivity contribution in [2.75, 3.05) is 20.0 Å². The highest BCUT2D eigenvalue weighted by Crippen LogP contribution is 2.56. The fourth-order valence-electron chi connectivity index (χ4n) is 4.68. The number of rotatable bonds is 2. The normalized spacial score (nSPS) is 38.3. The van der Waals surface area contributed by atoms with Crippen LogP contribution in [0.25, 0.3) is 0 Å². The minimum atomic E-state index is -0.170. The second-order valence-corrected chi connectivity index (χ2v) is 7.25. The maximum absolute atomic E-state index is 10.1. The SMILES string of the molecule is CC1=C[C@@H](C)[C@]2(CO)CO[C@@H](c3ccc4c(c3)OCO4)[C@@H]1[C@@H]2C. The second-order valence-electron chi connectivity index (χ2n) is 7.25. The van der Waals surface area contributed by atoms with Gasteiger partial charge in [0.1, 0.15) is 0 Å². The maximum atomic E-state index is 10.1. The van der Waals surface area contributed by atoms with Crippen LogP contribution in [0.15, 0.2) is 29.8 Å². The number of ether oxygens (including phenoxy) is 3. The molecule has 0 saturated carbocycles. The fraction of sp³-hybridized carbons (Fsp3) is 0.579. The lowest BCUT2D eigenvalue weighted by Gasteiger charge is -2.55. The highest BCUT2D eigenvalue weighted by atomic mass is 16.7. The minimum Gasteiger partial charge on any atom is -0.454 e. The third-order valence-electron chi connectivity index (χ3n) is 6.27. The van der Waals surface area contributed by atoms with E-state index in [1.165, 1.54) is 5.57 Å². The van der Waals surface area contributed by atoms with Gasteiger partial charge in [-0.1, -0.05) is 31.6 Å². The second kappa shape index (κ2) is 5.25. The number of fused-ring (bicyclic) bond motifs is 3. The van der Waals surface area contributed by atoms with E-state index in [2.05, 4.69) is 32.9 Å². The quantitative estimate of drug-likeness (QED) is 0.850. The van der Waals surface area contributed by atoms with Gasteiger partial charge >= 0.3 is 0 Å². The molecule has 1 aliphatic carbocycles. The van der Waals surface area contributed by atoms with Crippen molar-refractivity contribution in [1.29, 1.82) is 0 Å². The van der Waals surface area contributed by atoms with Crippen LogP contribution in [0.5, 0.6) is 11.5 Å². The van der Waals surface area contributed by atoms with Gasteiger partial charge in [-0.3, -0.25) is 0 Å². The molecule has 4 rings (SSSR count). The molecule has 0 unspecified atom stereocenters. The molecular formula is C19H24O4. The van der Waals surface area contributed by atoms with Gasteiger partial charge in [0, 0.05) is 11.3 Å². The summed E-state index contributed by atoms with van der Waals surface area (Å²) in [6.45, 7) is 7.68. The third-order valence-corrected chi connectivity index (χ3v) is 6.27. The van der Waals surface area contributed by atoms with Crippen molar-refractivity contribution < 1.29 is 19.3 Å². The standard InChI is InChI=1S/C19H24O4/c1-11-6-12(2)19(8-20)9-21-18(17(11)13(19)3)14-4-5-15-16(7-14)23-10-22-15/h4-7,12-13,17-18,20H,8-10H2,1-3H3/t12-,13+,17+,18+,19+/m1/s1. The van der Waals surface area contributed by atoms with Crippen molar-refractivity contribution in [3.8, 4) is 11.5 Å². The molecule has 4 heteroatoms. The predicted molar refractivity (Wildman–Crippen MR) is 86.4 cm³/mol. The molecule has 0 aromatic heterocycles. The molecule has 0 radical (unpaired) electrons. The zero-order valence-corrected chi connectivity index (χ0v) is 13.9. The minimum absolute atomic E-state index is 0.00271. The van der Waals surface area contributed by atoms with Gasteiger partial charge in [-0.2, -0.15) is 0 Å². The first-order chi connectivity index (χ1) is 11.1. The molecule has 23 heavy (non-hydrogen) atoms. The molecule has 0 spiro atoms. The molecule has 124 valence electrons. The van der Waals surface area contributed by atoms with E-state index in [1.54, 1.807) is 0 Å². The van der Waals surface area contributed by atoms with E-state index in [-0.39, 0.29) is 30.8 Å². The van der Waals surface area contributed by atoms with Crippen molar-refractivity contribution in [3.05, 3.63) is 35.4 Å². The average molecular weight is 316 g/mol. The molecule has 1 N–H and O–H groups in total. The number of aliphatic hydroxyl groups is 1. The monoisotopic (exact) mass is 316 g/mol. The van der Waals surface area contributed by atoms with Gasteiger partial charge in [0.25, 0.3) is 0 Å². The fourth-order valence-corrected chi connectivity index (χ4v) is 4.68. The number of benzene rings is 1. The Bertz CT molecular complexity index is 653. The molecule has 4 nitrogen and oxygen atoms in total. The van der Waals surface area contributed by atoms with Crippen molar-refractivity contribution in [2.24, 2.45) is 23.2 Å². The topological polar surface area (TPSA) is 47.9 Å². The molecule has 0 amide bonds. The van der Waals surface area contributed by atoms with Gasteiger partial charge in [-0.15, -0.1) is 0 Å². The summed E-state index contributed by atoms with van der Waals surface area (Å²) in [4.78, 5) is 0. The van der Waals surface area contributed by atoms with Crippen LogP contribution in [0.3, 0.4) is 0 Å². The van der Waals surface area contributed by atoms with E-state index in [0.717, 1.165) is 17.1 Å². The Morgan fingerprint density at radius 1 is 1.22 bits per heavy atom. The highest BCUT2D eigenvalue weighted by molar-refractivity contribution is 5.45. The molecule has 2 bridgehead atoms. The summed E-state index contributed by atoms with van der Waals surface area (Å²) < 4.78 is 17.2. The maximum Gasteiger partial charge on any atom is 0.231 e. The Kier molecular flexibility index (Phi) is 3.43. The summed E-state index contributed by atoms with van der Waals surface area (Å²) in [5.41, 5.74) is 2.31. The van der Waals surface area contributed by atoms with Crippen LogP contribution in [-0.4, -0.2) is 25.1 Å². The Balaban J connectivity index is 1.73. The first kappa shape index (κ1) is 15.0.